The highest BCUT2D eigenvalue weighted by Crippen LogP contribution is 2.15. The summed E-state index contributed by atoms with van der Waals surface area (Å²) in [5.41, 5.74) is 2.24. The van der Waals surface area contributed by atoms with Gasteiger partial charge >= 0.3 is 0 Å². The van der Waals surface area contributed by atoms with Crippen LogP contribution in [0.1, 0.15) is 18.2 Å². The predicted octanol–water partition coefficient (Wildman–Crippen LogP) is 3.38. The SMILES string of the molecule is CCNC(=NCc1ccccc1-n1ccnc1)NCCc1ccco1.I. The van der Waals surface area contributed by atoms with Crippen LogP contribution < -0.4 is 10.6 Å². The van der Waals surface area contributed by atoms with Crippen LogP contribution in [0, 0.1) is 0 Å². The third-order valence-electron chi connectivity index (χ3n) is 3.77. The summed E-state index contributed by atoms with van der Waals surface area (Å²) < 4.78 is 7.35. The lowest BCUT2D eigenvalue weighted by molar-refractivity contribution is 0.507. The van der Waals surface area contributed by atoms with Gasteiger partial charge in [-0.3, -0.25) is 0 Å². The van der Waals surface area contributed by atoms with E-state index in [2.05, 4.69) is 34.7 Å². The Bertz CT molecular complexity index is 784. The van der Waals surface area contributed by atoms with Crippen molar-refractivity contribution >= 4 is 29.9 Å². The molecule has 0 fully saturated rings. The zero-order valence-electron chi connectivity index (χ0n) is 14.8. The molecule has 0 aliphatic rings. The van der Waals surface area contributed by atoms with Gasteiger partial charge in [0.05, 0.1) is 24.8 Å². The highest BCUT2D eigenvalue weighted by Gasteiger charge is 2.04. The van der Waals surface area contributed by atoms with Crippen molar-refractivity contribution in [2.24, 2.45) is 4.99 Å². The summed E-state index contributed by atoms with van der Waals surface area (Å²) in [5.74, 6) is 1.77. The maximum atomic E-state index is 5.35. The molecule has 2 heterocycles. The number of hydrogen-bond donors (Lipinski definition) is 2. The van der Waals surface area contributed by atoms with E-state index in [0.29, 0.717) is 6.54 Å². The number of aliphatic imine (C=N–C) groups is 1. The molecule has 0 aliphatic heterocycles. The second-order valence-electron chi connectivity index (χ2n) is 5.55. The van der Waals surface area contributed by atoms with Crippen LogP contribution in [0.5, 0.6) is 0 Å². The topological polar surface area (TPSA) is 67.4 Å². The largest absolute Gasteiger partial charge is 0.469 e. The monoisotopic (exact) mass is 465 g/mol. The number of hydrogen-bond acceptors (Lipinski definition) is 3. The molecule has 0 spiro atoms. The van der Waals surface area contributed by atoms with E-state index in [1.165, 1.54) is 0 Å². The van der Waals surface area contributed by atoms with Gasteiger partial charge in [0, 0.05) is 31.9 Å². The van der Waals surface area contributed by atoms with Crippen molar-refractivity contribution in [2.45, 2.75) is 19.9 Å². The minimum atomic E-state index is 0. The highest BCUT2D eigenvalue weighted by molar-refractivity contribution is 14.0. The summed E-state index contributed by atoms with van der Waals surface area (Å²) in [6.07, 6.45) is 8.04. The van der Waals surface area contributed by atoms with Crippen LogP contribution in [0.3, 0.4) is 0 Å². The first kappa shape index (κ1) is 20.0. The molecule has 0 bridgehead atoms. The average Bonchev–Trinajstić information content (AvgIpc) is 3.34. The average molecular weight is 465 g/mol. The summed E-state index contributed by atoms with van der Waals surface area (Å²) in [5, 5.41) is 6.62. The molecule has 6 nitrogen and oxygen atoms in total. The molecule has 2 aromatic heterocycles. The molecule has 3 aromatic rings. The number of furan rings is 1. The quantitative estimate of drug-likeness (QED) is 0.319. The Morgan fingerprint density at radius 1 is 1.19 bits per heavy atom. The molecule has 0 saturated heterocycles. The molecular formula is C19H24IN5O. The smallest absolute Gasteiger partial charge is 0.191 e. The molecule has 1 aromatic carbocycles. The van der Waals surface area contributed by atoms with Gasteiger partial charge in [0.2, 0.25) is 0 Å². The maximum Gasteiger partial charge on any atom is 0.191 e. The van der Waals surface area contributed by atoms with E-state index >= 15 is 0 Å². The van der Waals surface area contributed by atoms with Crippen molar-refractivity contribution in [2.75, 3.05) is 13.1 Å². The third-order valence-corrected chi connectivity index (χ3v) is 3.77. The van der Waals surface area contributed by atoms with Gasteiger partial charge in [0.1, 0.15) is 5.76 Å². The predicted molar refractivity (Wildman–Crippen MR) is 114 cm³/mol. The van der Waals surface area contributed by atoms with Crippen LogP contribution in [0.2, 0.25) is 0 Å². The maximum absolute atomic E-state index is 5.35. The number of aromatic nitrogens is 2. The Balaban J connectivity index is 0.00000243. The molecule has 0 unspecified atom stereocenters. The van der Waals surface area contributed by atoms with Crippen molar-refractivity contribution in [3.63, 3.8) is 0 Å². The fourth-order valence-electron chi connectivity index (χ4n) is 2.56. The van der Waals surface area contributed by atoms with Crippen molar-refractivity contribution in [1.29, 1.82) is 0 Å². The molecular weight excluding hydrogens is 441 g/mol. The summed E-state index contributed by atoms with van der Waals surface area (Å²) in [6, 6.07) is 12.1. The first-order valence-electron chi connectivity index (χ1n) is 8.47. The van der Waals surface area contributed by atoms with Gasteiger partial charge in [-0.05, 0) is 30.7 Å². The van der Waals surface area contributed by atoms with Crippen molar-refractivity contribution in [3.05, 3.63) is 72.7 Å². The van der Waals surface area contributed by atoms with E-state index in [-0.39, 0.29) is 24.0 Å². The zero-order chi connectivity index (χ0) is 17.3. The molecule has 0 amide bonds. The third kappa shape index (κ3) is 5.62. The lowest BCUT2D eigenvalue weighted by atomic mass is 10.2. The minimum Gasteiger partial charge on any atom is -0.469 e. The fraction of sp³-hybridized carbons (Fsp3) is 0.263. The normalized spacial score (nSPS) is 11.0. The van der Waals surface area contributed by atoms with Gasteiger partial charge in [-0.1, -0.05) is 18.2 Å². The van der Waals surface area contributed by atoms with Crippen molar-refractivity contribution < 1.29 is 4.42 Å². The molecule has 0 atom stereocenters. The Morgan fingerprint density at radius 3 is 2.81 bits per heavy atom. The molecule has 3 rings (SSSR count). The number of nitrogens with zero attached hydrogens (tertiary/aromatic N) is 3. The number of nitrogens with one attached hydrogen (secondary N) is 2. The summed E-state index contributed by atoms with van der Waals surface area (Å²) >= 11 is 0. The van der Waals surface area contributed by atoms with Gasteiger partial charge in [0.25, 0.3) is 0 Å². The first-order valence-corrected chi connectivity index (χ1v) is 8.47. The van der Waals surface area contributed by atoms with Gasteiger partial charge in [-0.15, -0.1) is 24.0 Å². The summed E-state index contributed by atoms with van der Waals surface area (Å²) in [4.78, 5) is 8.83. The summed E-state index contributed by atoms with van der Waals surface area (Å²) in [6.45, 7) is 4.23. The Morgan fingerprint density at radius 2 is 2.08 bits per heavy atom. The van der Waals surface area contributed by atoms with Crippen LogP contribution in [-0.4, -0.2) is 28.6 Å². The van der Waals surface area contributed by atoms with E-state index in [0.717, 1.165) is 42.5 Å². The van der Waals surface area contributed by atoms with Crippen molar-refractivity contribution in [3.8, 4) is 5.69 Å². The first-order chi connectivity index (χ1) is 12.4. The van der Waals surface area contributed by atoms with Gasteiger partial charge in [0.15, 0.2) is 5.96 Å². The molecule has 0 saturated carbocycles. The number of halogens is 1. The Labute approximate surface area is 170 Å². The van der Waals surface area contributed by atoms with E-state index < -0.39 is 0 Å². The minimum absolute atomic E-state index is 0. The zero-order valence-corrected chi connectivity index (χ0v) is 17.1. The lowest BCUT2D eigenvalue weighted by Gasteiger charge is -2.12. The number of para-hydroxylation sites is 1. The van der Waals surface area contributed by atoms with Crippen molar-refractivity contribution in [1.82, 2.24) is 20.2 Å². The fourth-order valence-corrected chi connectivity index (χ4v) is 2.56. The van der Waals surface area contributed by atoms with E-state index in [9.17, 15) is 0 Å². The van der Waals surface area contributed by atoms with Gasteiger partial charge < -0.3 is 19.6 Å². The molecule has 0 aliphatic carbocycles. The molecule has 138 valence electrons. The number of benzene rings is 1. The Kier molecular flexibility index (Phi) is 8.20. The molecule has 7 heteroatoms. The molecule has 2 N–H and O–H groups in total. The van der Waals surface area contributed by atoms with Crippen LogP contribution in [-0.2, 0) is 13.0 Å². The van der Waals surface area contributed by atoms with Crippen LogP contribution in [0.15, 0.2) is 70.8 Å². The van der Waals surface area contributed by atoms with Gasteiger partial charge in [-0.25, -0.2) is 9.98 Å². The van der Waals surface area contributed by atoms with Crippen LogP contribution in [0.25, 0.3) is 5.69 Å². The Hall–Kier alpha value is -2.29. The highest BCUT2D eigenvalue weighted by atomic mass is 127. The second kappa shape index (κ2) is 10.6. The van der Waals surface area contributed by atoms with E-state index in [1.807, 2.05) is 35.0 Å². The second-order valence-corrected chi connectivity index (χ2v) is 5.55. The summed E-state index contributed by atoms with van der Waals surface area (Å²) in [7, 11) is 0. The number of imidazole rings is 1. The molecule has 26 heavy (non-hydrogen) atoms. The van der Waals surface area contributed by atoms with E-state index in [4.69, 9.17) is 9.41 Å². The van der Waals surface area contributed by atoms with Gasteiger partial charge in [-0.2, -0.15) is 0 Å². The lowest BCUT2D eigenvalue weighted by Crippen LogP contribution is -2.38. The number of rotatable bonds is 7. The molecule has 0 radical (unpaired) electrons. The van der Waals surface area contributed by atoms with E-state index in [1.54, 1.807) is 18.8 Å². The number of guanidine groups is 1. The standard InChI is InChI=1S/C19H23N5O.HI/c1-2-21-19(22-10-9-17-7-5-13-25-17)23-14-16-6-3-4-8-18(16)24-12-11-20-15-24;/h3-8,11-13,15H,2,9-10,14H2,1H3,(H2,21,22,23);1H. The van der Waals surface area contributed by atoms with Crippen LogP contribution >= 0.6 is 24.0 Å². The van der Waals surface area contributed by atoms with Crippen LogP contribution in [0.4, 0.5) is 0 Å².